The van der Waals surface area contributed by atoms with Gasteiger partial charge in [-0.05, 0) is 60.9 Å². The van der Waals surface area contributed by atoms with Gasteiger partial charge >= 0.3 is 0 Å². The number of carbonyl (C=O) groups is 1. The first-order valence-electron chi connectivity index (χ1n) is 8.64. The van der Waals surface area contributed by atoms with Crippen LogP contribution in [0.15, 0.2) is 66.7 Å². The van der Waals surface area contributed by atoms with Gasteiger partial charge in [-0.25, -0.2) is 0 Å². The first-order chi connectivity index (χ1) is 12.1. The van der Waals surface area contributed by atoms with Gasteiger partial charge in [0.1, 0.15) is 5.75 Å². The van der Waals surface area contributed by atoms with E-state index in [0.29, 0.717) is 12.1 Å². The molecule has 0 aliphatic heterocycles. The first-order valence-corrected chi connectivity index (χ1v) is 8.64. The van der Waals surface area contributed by atoms with Crippen LogP contribution in [0.2, 0.25) is 0 Å². The molecule has 0 fully saturated rings. The van der Waals surface area contributed by atoms with Crippen molar-refractivity contribution in [2.75, 3.05) is 6.54 Å². The molecule has 1 amide bonds. The van der Waals surface area contributed by atoms with E-state index < -0.39 is 0 Å². The van der Waals surface area contributed by atoms with Crippen LogP contribution in [0.3, 0.4) is 0 Å². The third-order valence-corrected chi connectivity index (χ3v) is 4.01. The smallest absolute Gasteiger partial charge is 0.251 e. The monoisotopic (exact) mass is 333 g/mol. The maximum atomic E-state index is 12.3. The minimum Gasteiger partial charge on any atom is -0.491 e. The van der Waals surface area contributed by atoms with Gasteiger partial charge < -0.3 is 10.1 Å². The van der Waals surface area contributed by atoms with Gasteiger partial charge in [0, 0.05) is 12.1 Å². The third kappa shape index (κ3) is 4.60. The summed E-state index contributed by atoms with van der Waals surface area (Å²) in [4.78, 5) is 12.3. The highest BCUT2D eigenvalue weighted by molar-refractivity contribution is 5.98. The van der Waals surface area contributed by atoms with Gasteiger partial charge in [-0.1, -0.05) is 42.5 Å². The molecular weight excluding hydrogens is 310 g/mol. The molecule has 0 heterocycles. The molecule has 0 bridgehead atoms. The van der Waals surface area contributed by atoms with Crippen molar-refractivity contribution in [1.82, 2.24) is 5.32 Å². The van der Waals surface area contributed by atoms with E-state index in [1.807, 2.05) is 80.6 Å². The highest BCUT2D eigenvalue weighted by Gasteiger charge is 2.06. The third-order valence-electron chi connectivity index (χ3n) is 4.01. The Bertz CT molecular complexity index is 853. The number of nitrogens with one attached hydrogen (secondary N) is 1. The molecule has 0 aliphatic carbocycles. The predicted octanol–water partition coefficient (Wildman–Crippen LogP) is 4.60. The second-order valence-electron chi connectivity index (χ2n) is 6.38. The van der Waals surface area contributed by atoms with Crippen molar-refractivity contribution in [2.24, 2.45) is 0 Å². The number of benzene rings is 3. The van der Waals surface area contributed by atoms with Crippen LogP contribution in [0, 0.1) is 0 Å². The summed E-state index contributed by atoms with van der Waals surface area (Å²) in [7, 11) is 0. The lowest BCUT2D eigenvalue weighted by atomic mass is 10.1. The normalized spacial score (nSPS) is 10.8. The van der Waals surface area contributed by atoms with E-state index in [1.54, 1.807) is 0 Å². The van der Waals surface area contributed by atoms with Crippen molar-refractivity contribution in [1.29, 1.82) is 0 Å². The number of ether oxygens (including phenoxy) is 1. The molecule has 3 nitrogen and oxygen atoms in total. The molecule has 0 unspecified atom stereocenters. The van der Waals surface area contributed by atoms with Crippen molar-refractivity contribution in [3.63, 3.8) is 0 Å². The maximum Gasteiger partial charge on any atom is 0.251 e. The van der Waals surface area contributed by atoms with Crippen LogP contribution in [-0.4, -0.2) is 18.6 Å². The molecule has 0 radical (unpaired) electrons. The maximum absolute atomic E-state index is 12.3. The summed E-state index contributed by atoms with van der Waals surface area (Å²) >= 11 is 0. The van der Waals surface area contributed by atoms with E-state index in [9.17, 15) is 4.79 Å². The minimum atomic E-state index is -0.0366. The summed E-state index contributed by atoms with van der Waals surface area (Å²) in [6, 6.07) is 21.9. The molecule has 3 heteroatoms. The van der Waals surface area contributed by atoms with Crippen molar-refractivity contribution in [3.05, 3.63) is 77.9 Å². The van der Waals surface area contributed by atoms with Crippen molar-refractivity contribution in [3.8, 4) is 5.75 Å². The van der Waals surface area contributed by atoms with Crippen LogP contribution in [0.5, 0.6) is 5.75 Å². The lowest BCUT2D eigenvalue weighted by Crippen LogP contribution is -2.25. The minimum absolute atomic E-state index is 0.0366. The molecule has 0 atom stereocenters. The Hall–Kier alpha value is -2.81. The summed E-state index contributed by atoms with van der Waals surface area (Å²) in [5.74, 6) is 0.837. The van der Waals surface area contributed by atoms with Crippen molar-refractivity contribution in [2.45, 2.75) is 26.4 Å². The van der Waals surface area contributed by atoms with Crippen LogP contribution < -0.4 is 10.1 Å². The Morgan fingerprint density at radius 3 is 2.40 bits per heavy atom. The zero-order valence-electron chi connectivity index (χ0n) is 14.7. The average Bonchev–Trinajstić information content (AvgIpc) is 2.62. The zero-order valence-corrected chi connectivity index (χ0v) is 14.7. The number of carbonyl (C=O) groups excluding carboxylic acids is 1. The summed E-state index contributed by atoms with van der Waals surface area (Å²) < 4.78 is 5.64. The molecule has 128 valence electrons. The van der Waals surface area contributed by atoms with Gasteiger partial charge in [0.05, 0.1) is 6.10 Å². The zero-order chi connectivity index (χ0) is 17.6. The Balaban J connectivity index is 1.54. The molecule has 3 rings (SSSR count). The molecule has 3 aromatic carbocycles. The van der Waals surface area contributed by atoms with Crippen molar-refractivity contribution >= 4 is 16.7 Å². The van der Waals surface area contributed by atoms with Crippen LogP contribution in [0.25, 0.3) is 10.8 Å². The van der Waals surface area contributed by atoms with E-state index in [1.165, 1.54) is 5.56 Å². The summed E-state index contributed by atoms with van der Waals surface area (Å²) in [6.45, 7) is 4.63. The number of hydrogen-bond acceptors (Lipinski definition) is 2. The molecule has 0 aliphatic rings. The molecular formula is C22H23NO2. The average molecular weight is 333 g/mol. The molecule has 25 heavy (non-hydrogen) atoms. The number of amides is 1. The van der Waals surface area contributed by atoms with E-state index in [2.05, 4.69) is 5.32 Å². The summed E-state index contributed by atoms with van der Waals surface area (Å²) in [5.41, 5.74) is 1.87. The largest absolute Gasteiger partial charge is 0.491 e. The van der Waals surface area contributed by atoms with Gasteiger partial charge in [-0.3, -0.25) is 4.79 Å². The van der Waals surface area contributed by atoms with E-state index in [0.717, 1.165) is 22.9 Å². The fourth-order valence-electron chi connectivity index (χ4n) is 2.76. The second-order valence-corrected chi connectivity index (χ2v) is 6.38. The molecule has 0 saturated carbocycles. The highest BCUT2D eigenvalue weighted by Crippen LogP contribution is 2.16. The van der Waals surface area contributed by atoms with E-state index in [-0.39, 0.29) is 12.0 Å². The van der Waals surface area contributed by atoms with Gasteiger partial charge in [-0.15, -0.1) is 0 Å². The van der Waals surface area contributed by atoms with Crippen LogP contribution in [0.4, 0.5) is 0 Å². The second kappa shape index (κ2) is 7.84. The standard InChI is InChI=1S/C22H23NO2/c1-16(2)25-21-11-7-17(8-12-21)13-14-23-22(24)20-10-9-18-5-3-4-6-19(18)15-20/h3-12,15-16H,13-14H2,1-2H3,(H,23,24). The summed E-state index contributed by atoms with van der Waals surface area (Å²) in [6.07, 6.45) is 0.966. The fourth-order valence-corrected chi connectivity index (χ4v) is 2.76. The van der Waals surface area contributed by atoms with Crippen LogP contribution in [0.1, 0.15) is 29.8 Å². The molecule has 0 aromatic heterocycles. The van der Waals surface area contributed by atoms with Gasteiger partial charge in [0.25, 0.3) is 5.91 Å². The van der Waals surface area contributed by atoms with E-state index in [4.69, 9.17) is 4.74 Å². The predicted molar refractivity (Wildman–Crippen MR) is 102 cm³/mol. The molecule has 0 saturated heterocycles. The topological polar surface area (TPSA) is 38.3 Å². The Kier molecular flexibility index (Phi) is 5.34. The van der Waals surface area contributed by atoms with Crippen LogP contribution in [-0.2, 0) is 6.42 Å². The van der Waals surface area contributed by atoms with Crippen molar-refractivity contribution < 1.29 is 9.53 Å². The lowest BCUT2D eigenvalue weighted by molar-refractivity contribution is 0.0954. The SMILES string of the molecule is CC(C)Oc1ccc(CCNC(=O)c2ccc3ccccc3c2)cc1. The Morgan fingerprint density at radius 2 is 1.68 bits per heavy atom. The Morgan fingerprint density at radius 1 is 0.960 bits per heavy atom. The molecule has 1 N–H and O–H groups in total. The number of rotatable bonds is 6. The fraction of sp³-hybridized carbons (Fsp3) is 0.227. The van der Waals surface area contributed by atoms with Gasteiger partial charge in [0.2, 0.25) is 0 Å². The van der Waals surface area contributed by atoms with Crippen LogP contribution >= 0.6 is 0 Å². The quantitative estimate of drug-likeness (QED) is 0.716. The molecule has 0 spiro atoms. The number of hydrogen-bond donors (Lipinski definition) is 1. The first kappa shape index (κ1) is 17.0. The summed E-state index contributed by atoms with van der Waals surface area (Å²) in [5, 5.41) is 5.21. The molecule has 3 aromatic rings. The van der Waals surface area contributed by atoms with Gasteiger partial charge in [0.15, 0.2) is 0 Å². The Labute approximate surface area is 148 Å². The number of fused-ring (bicyclic) bond motifs is 1. The highest BCUT2D eigenvalue weighted by atomic mass is 16.5. The van der Waals surface area contributed by atoms with Gasteiger partial charge in [-0.2, -0.15) is 0 Å². The van der Waals surface area contributed by atoms with E-state index >= 15 is 0 Å². The lowest BCUT2D eigenvalue weighted by Gasteiger charge is -2.10.